The molecule has 0 bridgehead atoms. The smallest absolute Gasteiger partial charge is 0.0490 e. The fourth-order valence-electron chi connectivity index (χ4n) is 8.42. The molecule has 0 aliphatic heterocycles. The van der Waals surface area contributed by atoms with Crippen molar-refractivity contribution >= 4 is 15.9 Å². The number of hydrogen-bond acceptors (Lipinski definition) is 1. The van der Waals surface area contributed by atoms with Crippen molar-refractivity contribution in [2.24, 2.45) is 52.8 Å². The van der Waals surface area contributed by atoms with Crippen LogP contribution in [0.25, 0.3) is 0 Å². The average molecular weight is 411 g/mol. The molecule has 4 aliphatic rings. The molecule has 4 rings (SSSR count). The zero-order valence-electron chi connectivity index (χ0n) is 16.7. The van der Waals surface area contributed by atoms with E-state index in [-0.39, 0.29) is 0 Å². The molecular formula is C23H39BrO. The zero-order valence-corrected chi connectivity index (χ0v) is 18.3. The second-order valence-corrected chi connectivity index (χ2v) is 11.1. The van der Waals surface area contributed by atoms with E-state index in [1.807, 2.05) is 7.11 Å². The third kappa shape index (κ3) is 3.16. The van der Waals surface area contributed by atoms with Crippen LogP contribution in [0.3, 0.4) is 0 Å². The molecule has 25 heavy (non-hydrogen) atoms. The Bertz CT molecular complexity index is 465. The molecule has 144 valence electrons. The lowest BCUT2D eigenvalue weighted by molar-refractivity contribution is -0.0759. The summed E-state index contributed by atoms with van der Waals surface area (Å²) in [6, 6.07) is 0. The highest BCUT2D eigenvalue weighted by Crippen LogP contribution is 2.65. The molecule has 0 aromatic heterocycles. The van der Waals surface area contributed by atoms with Gasteiger partial charge in [0.2, 0.25) is 0 Å². The van der Waals surface area contributed by atoms with E-state index in [1.165, 1.54) is 50.3 Å². The minimum atomic E-state index is 0.647. The van der Waals surface area contributed by atoms with Gasteiger partial charge in [0.25, 0.3) is 0 Å². The summed E-state index contributed by atoms with van der Waals surface area (Å²) in [5, 5.41) is 1.19. The Morgan fingerprint density at radius 3 is 2.56 bits per heavy atom. The second-order valence-electron chi connectivity index (χ2n) is 10.4. The van der Waals surface area contributed by atoms with E-state index < -0.39 is 0 Å². The highest BCUT2D eigenvalue weighted by molar-refractivity contribution is 9.09. The van der Waals surface area contributed by atoms with Crippen LogP contribution in [0.4, 0.5) is 0 Å². The Morgan fingerprint density at radius 2 is 1.80 bits per heavy atom. The largest absolute Gasteiger partial charge is 0.384 e. The molecule has 9 unspecified atom stereocenters. The van der Waals surface area contributed by atoms with E-state index in [9.17, 15) is 0 Å². The third-order valence-electron chi connectivity index (χ3n) is 9.47. The van der Waals surface area contributed by atoms with Crippen LogP contribution in [0.15, 0.2) is 0 Å². The van der Waals surface area contributed by atoms with Crippen molar-refractivity contribution < 1.29 is 4.74 Å². The van der Waals surface area contributed by atoms with Gasteiger partial charge in [0.1, 0.15) is 0 Å². The Labute approximate surface area is 164 Å². The van der Waals surface area contributed by atoms with Crippen LogP contribution in [-0.4, -0.2) is 19.0 Å². The second kappa shape index (κ2) is 7.46. The molecule has 4 fully saturated rings. The average Bonchev–Trinajstić information content (AvgIpc) is 2.98. The number of ether oxygens (including phenoxy) is 1. The lowest BCUT2D eigenvalue weighted by Gasteiger charge is -2.56. The topological polar surface area (TPSA) is 9.23 Å². The summed E-state index contributed by atoms with van der Waals surface area (Å²) in [6.45, 7) is 6.18. The first-order valence-corrected chi connectivity index (χ1v) is 12.3. The van der Waals surface area contributed by atoms with Crippen LogP contribution in [-0.2, 0) is 4.74 Å². The van der Waals surface area contributed by atoms with E-state index >= 15 is 0 Å². The first-order valence-electron chi connectivity index (χ1n) is 11.1. The van der Waals surface area contributed by atoms with E-state index in [4.69, 9.17) is 4.74 Å². The molecule has 0 heterocycles. The summed E-state index contributed by atoms with van der Waals surface area (Å²) < 4.78 is 5.48. The maximum absolute atomic E-state index is 5.48. The molecule has 9 atom stereocenters. The van der Waals surface area contributed by atoms with Crippen LogP contribution in [0.2, 0.25) is 0 Å². The molecule has 0 spiro atoms. The SMILES string of the molecule is COCC1CCC2C(CCC3C2CCC2(C)C(C(C)CBr)CCC32)C1. The van der Waals surface area contributed by atoms with Crippen molar-refractivity contribution in [3.63, 3.8) is 0 Å². The lowest BCUT2D eigenvalue weighted by Crippen LogP contribution is -2.49. The Morgan fingerprint density at radius 1 is 1.00 bits per heavy atom. The van der Waals surface area contributed by atoms with Gasteiger partial charge in [-0.05, 0) is 111 Å². The van der Waals surface area contributed by atoms with Gasteiger partial charge in [-0.3, -0.25) is 0 Å². The molecule has 4 saturated carbocycles. The highest BCUT2D eigenvalue weighted by atomic mass is 79.9. The maximum Gasteiger partial charge on any atom is 0.0490 e. The number of rotatable bonds is 4. The fourth-order valence-corrected chi connectivity index (χ4v) is 8.87. The summed E-state index contributed by atoms with van der Waals surface area (Å²) >= 11 is 3.79. The van der Waals surface area contributed by atoms with Crippen molar-refractivity contribution in [1.82, 2.24) is 0 Å². The molecule has 0 saturated heterocycles. The number of halogens is 1. The standard InChI is InChI=1S/C23H39BrO/c1-15(13-24)21-8-9-22-20-7-5-17-12-16(14-25-3)4-6-18(17)19(20)10-11-23(21,22)2/h15-22H,4-14H2,1-3H3. The minimum Gasteiger partial charge on any atom is -0.384 e. The lowest BCUT2D eigenvalue weighted by atomic mass is 9.49. The first-order chi connectivity index (χ1) is 12.1. The van der Waals surface area contributed by atoms with Gasteiger partial charge in [0, 0.05) is 19.0 Å². The molecule has 1 nitrogen and oxygen atoms in total. The number of hydrogen-bond donors (Lipinski definition) is 0. The number of alkyl halides is 1. The van der Waals surface area contributed by atoms with Crippen LogP contribution >= 0.6 is 15.9 Å². The van der Waals surface area contributed by atoms with E-state index in [2.05, 4.69) is 29.8 Å². The predicted octanol–water partition coefficient (Wildman–Crippen LogP) is 6.55. The Hall–Kier alpha value is 0.440. The highest BCUT2D eigenvalue weighted by Gasteiger charge is 2.57. The van der Waals surface area contributed by atoms with Gasteiger partial charge in [-0.1, -0.05) is 29.8 Å². The molecular weight excluding hydrogens is 372 g/mol. The summed E-state index contributed by atoms with van der Waals surface area (Å²) in [7, 11) is 1.88. The number of methoxy groups -OCH3 is 1. The molecule has 2 heteroatoms. The van der Waals surface area contributed by atoms with Gasteiger partial charge < -0.3 is 4.74 Å². The van der Waals surface area contributed by atoms with Gasteiger partial charge in [0.15, 0.2) is 0 Å². The molecule has 0 amide bonds. The fraction of sp³-hybridized carbons (Fsp3) is 1.00. The summed E-state index contributed by atoms with van der Waals surface area (Å²) in [5.41, 5.74) is 0.647. The zero-order chi connectivity index (χ0) is 17.6. The van der Waals surface area contributed by atoms with E-state index in [1.54, 1.807) is 12.8 Å². The maximum atomic E-state index is 5.48. The van der Waals surface area contributed by atoms with E-state index in [0.29, 0.717) is 5.41 Å². The van der Waals surface area contributed by atoms with Crippen LogP contribution in [0.5, 0.6) is 0 Å². The van der Waals surface area contributed by atoms with Crippen LogP contribution < -0.4 is 0 Å². The third-order valence-corrected chi connectivity index (χ3v) is 10.5. The van der Waals surface area contributed by atoms with Crippen molar-refractivity contribution in [3.8, 4) is 0 Å². The van der Waals surface area contributed by atoms with E-state index in [0.717, 1.165) is 54.0 Å². The monoisotopic (exact) mass is 410 g/mol. The summed E-state index contributed by atoms with van der Waals surface area (Å²) in [5.74, 6) is 7.93. The predicted molar refractivity (Wildman–Crippen MR) is 109 cm³/mol. The molecule has 0 radical (unpaired) electrons. The van der Waals surface area contributed by atoms with Gasteiger partial charge in [-0.2, -0.15) is 0 Å². The van der Waals surface area contributed by atoms with Gasteiger partial charge in [0.05, 0.1) is 0 Å². The van der Waals surface area contributed by atoms with Crippen LogP contribution in [0.1, 0.15) is 71.6 Å². The quantitative estimate of drug-likeness (QED) is 0.477. The minimum absolute atomic E-state index is 0.647. The van der Waals surface area contributed by atoms with Crippen molar-refractivity contribution in [1.29, 1.82) is 0 Å². The molecule has 4 aliphatic carbocycles. The van der Waals surface area contributed by atoms with Crippen molar-refractivity contribution in [2.75, 3.05) is 19.0 Å². The normalized spacial score (nSPS) is 50.6. The van der Waals surface area contributed by atoms with Crippen LogP contribution in [0, 0.1) is 52.8 Å². The first kappa shape index (κ1) is 18.8. The summed E-state index contributed by atoms with van der Waals surface area (Å²) in [4.78, 5) is 0. The van der Waals surface area contributed by atoms with Crippen molar-refractivity contribution in [2.45, 2.75) is 71.6 Å². The van der Waals surface area contributed by atoms with Gasteiger partial charge >= 0.3 is 0 Å². The van der Waals surface area contributed by atoms with Crippen molar-refractivity contribution in [3.05, 3.63) is 0 Å². The molecule has 0 aromatic rings. The number of fused-ring (bicyclic) bond motifs is 5. The summed E-state index contributed by atoms with van der Waals surface area (Å²) in [6.07, 6.45) is 13.6. The van der Waals surface area contributed by atoms with Gasteiger partial charge in [-0.25, -0.2) is 0 Å². The van der Waals surface area contributed by atoms with Gasteiger partial charge in [-0.15, -0.1) is 0 Å². The molecule has 0 aromatic carbocycles. The Kier molecular flexibility index (Phi) is 5.60. The Balaban J connectivity index is 1.48. The molecule has 0 N–H and O–H groups in total.